The van der Waals surface area contributed by atoms with E-state index in [0.717, 1.165) is 27.5 Å². The van der Waals surface area contributed by atoms with Crippen LogP contribution in [-0.2, 0) is 32.6 Å². The third-order valence-corrected chi connectivity index (χ3v) is 9.38. The predicted octanol–water partition coefficient (Wildman–Crippen LogP) is 5.21. The lowest BCUT2D eigenvalue weighted by atomic mass is 10.0. The second kappa shape index (κ2) is 12.1. The molecule has 4 aromatic rings. The first-order valence-corrected chi connectivity index (χ1v) is 15.4. The van der Waals surface area contributed by atoms with Crippen LogP contribution in [0.3, 0.4) is 0 Å². The number of carbonyl (C=O) groups excluding carboxylic acids is 2. The van der Waals surface area contributed by atoms with Crippen LogP contribution >= 0.6 is 0 Å². The van der Waals surface area contributed by atoms with Gasteiger partial charge in [0.15, 0.2) is 0 Å². The van der Waals surface area contributed by atoms with Gasteiger partial charge in [-0.1, -0.05) is 84.4 Å². The summed E-state index contributed by atoms with van der Waals surface area (Å²) >= 11 is 0. The zero-order chi connectivity index (χ0) is 29.0. The molecule has 0 saturated heterocycles. The molecule has 7 nitrogen and oxygen atoms in total. The molecule has 0 bridgehead atoms. The largest absolute Gasteiger partial charge is 0.355 e. The molecule has 0 saturated carbocycles. The van der Waals surface area contributed by atoms with Gasteiger partial charge in [-0.2, -0.15) is 0 Å². The highest BCUT2D eigenvalue weighted by atomic mass is 32.2. The van der Waals surface area contributed by atoms with Gasteiger partial charge >= 0.3 is 0 Å². The van der Waals surface area contributed by atoms with Crippen molar-refractivity contribution in [1.82, 2.24) is 10.2 Å². The average molecular weight is 570 g/mol. The van der Waals surface area contributed by atoms with Crippen molar-refractivity contribution in [3.63, 3.8) is 0 Å². The Kier molecular flexibility index (Phi) is 8.40. The maximum absolute atomic E-state index is 13.9. The molecule has 1 atom stereocenters. The Labute approximate surface area is 241 Å². The van der Waals surface area contributed by atoms with Gasteiger partial charge < -0.3 is 10.2 Å². The standard InChI is InChI=1S/C33H35N3O4S/c1-3-34-33(38)29(22-25-10-5-4-6-11-25)35(23-26-19-17-24(2)18-20-26)31(37)16-9-21-36-28-14-7-12-27-13-8-15-30(32(27)28)41(36,39)40/h4-8,10-15,17-20,29H,3,9,16,21-23H2,1-2H3,(H,34,38). The quantitative estimate of drug-likeness (QED) is 0.269. The Morgan fingerprint density at radius 2 is 1.59 bits per heavy atom. The summed E-state index contributed by atoms with van der Waals surface area (Å²) in [6, 6.07) is 27.8. The summed E-state index contributed by atoms with van der Waals surface area (Å²) in [5.74, 6) is -0.397. The lowest BCUT2D eigenvalue weighted by Gasteiger charge is -2.32. The molecular weight excluding hydrogens is 534 g/mol. The van der Waals surface area contributed by atoms with Crippen LogP contribution in [0.15, 0.2) is 95.9 Å². The maximum Gasteiger partial charge on any atom is 0.265 e. The van der Waals surface area contributed by atoms with Crippen molar-refractivity contribution >= 4 is 38.3 Å². The van der Waals surface area contributed by atoms with Gasteiger partial charge in [-0.15, -0.1) is 0 Å². The topological polar surface area (TPSA) is 86.8 Å². The van der Waals surface area contributed by atoms with E-state index in [1.165, 1.54) is 4.31 Å². The molecule has 1 unspecified atom stereocenters. The van der Waals surface area contributed by atoms with E-state index in [2.05, 4.69) is 5.32 Å². The van der Waals surface area contributed by atoms with Crippen LogP contribution in [0.1, 0.15) is 36.5 Å². The molecule has 0 aliphatic carbocycles. The molecule has 4 aromatic carbocycles. The number of hydrogen-bond acceptors (Lipinski definition) is 4. The van der Waals surface area contributed by atoms with Crippen LogP contribution in [-0.4, -0.2) is 44.3 Å². The molecular formula is C33H35N3O4S. The summed E-state index contributed by atoms with van der Waals surface area (Å²) in [5, 5.41) is 4.50. The number of anilines is 1. The molecule has 1 aliphatic heterocycles. The van der Waals surface area contributed by atoms with Crippen molar-refractivity contribution < 1.29 is 18.0 Å². The second-order valence-corrected chi connectivity index (χ2v) is 12.3. The number of likely N-dealkylation sites (N-methyl/N-ethyl adjacent to an activating group) is 1. The fourth-order valence-corrected chi connectivity index (χ4v) is 7.20. The van der Waals surface area contributed by atoms with Gasteiger partial charge in [0.05, 0.1) is 10.6 Å². The first-order valence-electron chi connectivity index (χ1n) is 14.0. The van der Waals surface area contributed by atoms with E-state index in [1.807, 2.05) is 92.7 Å². The Morgan fingerprint density at radius 3 is 2.29 bits per heavy atom. The fraction of sp³-hybridized carbons (Fsp3) is 0.273. The fourth-order valence-electron chi connectivity index (χ4n) is 5.45. The summed E-state index contributed by atoms with van der Waals surface area (Å²) in [7, 11) is -3.70. The van der Waals surface area contributed by atoms with Crippen LogP contribution in [0.4, 0.5) is 5.69 Å². The number of amides is 2. The van der Waals surface area contributed by atoms with Crippen LogP contribution in [0.25, 0.3) is 10.8 Å². The molecule has 1 N–H and O–H groups in total. The van der Waals surface area contributed by atoms with Crippen molar-refractivity contribution in [3.05, 3.63) is 108 Å². The van der Waals surface area contributed by atoms with Crippen molar-refractivity contribution in [1.29, 1.82) is 0 Å². The molecule has 8 heteroatoms. The number of aryl methyl sites for hydroxylation is 1. The smallest absolute Gasteiger partial charge is 0.265 e. The third-order valence-electron chi connectivity index (χ3n) is 7.53. The lowest BCUT2D eigenvalue weighted by molar-refractivity contribution is -0.141. The number of sulfonamides is 1. The summed E-state index contributed by atoms with van der Waals surface area (Å²) in [5.41, 5.74) is 3.64. The lowest BCUT2D eigenvalue weighted by Crippen LogP contribution is -2.50. The number of hydrogen-bond donors (Lipinski definition) is 1. The SMILES string of the molecule is CCNC(=O)C(Cc1ccccc1)N(Cc1ccc(C)cc1)C(=O)CCCN1c2cccc3cccc(c23)S1(=O)=O. The van der Waals surface area contributed by atoms with Gasteiger partial charge in [-0.05, 0) is 48.9 Å². The van der Waals surface area contributed by atoms with Gasteiger partial charge in [0.2, 0.25) is 11.8 Å². The third kappa shape index (κ3) is 5.98. The molecule has 1 aliphatic rings. The first-order chi connectivity index (χ1) is 19.8. The Morgan fingerprint density at radius 1 is 0.878 bits per heavy atom. The highest BCUT2D eigenvalue weighted by Crippen LogP contribution is 2.42. The monoisotopic (exact) mass is 569 g/mol. The Hall–Kier alpha value is -4.17. The van der Waals surface area contributed by atoms with E-state index in [1.54, 1.807) is 17.0 Å². The second-order valence-electron chi connectivity index (χ2n) is 10.4. The Bertz CT molecular complexity index is 1650. The van der Waals surface area contributed by atoms with E-state index in [0.29, 0.717) is 30.0 Å². The normalized spacial score (nSPS) is 14.1. The number of nitrogens with zero attached hydrogens (tertiary/aromatic N) is 2. The zero-order valence-electron chi connectivity index (χ0n) is 23.4. The molecule has 2 amide bonds. The minimum atomic E-state index is -3.70. The summed E-state index contributed by atoms with van der Waals surface area (Å²) in [6.45, 7) is 4.77. The number of rotatable bonds is 11. The summed E-state index contributed by atoms with van der Waals surface area (Å²) in [4.78, 5) is 29.2. The molecule has 1 heterocycles. The van der Waals surface area contributed by atoms with E-state index >= 15 is 0 Å². The van der Waals surface area contributed by atoms with E-state index in [-0.39, 0.29) is 31.3 Å². The molecule has 0 spiro atoms. The van der Waals surface area contributed by atoms with Crippen molar-refractivity contribution in [2.24, 2.45) is 0 Å². The summed E-state index contributed by atoms with van der Waals surface area (Å²) in [6.07, 6.45) is 0.803. The van der Waals surface area contributed by atoms with Crippen LogP contribution in [0.5, 0.6) is 0 Å². The Balaban J connectivity index is 1.38. The summed E-state index contributed by atoms with van der Waals surface area (Å²) < 4.78 is 28.2. The van der Waals surface area contributed by atoms with Gasteiger partial charge in [-0.25, -0.2) is 8.42 Å². The zero-order valence-corrected chi connectivity index (χ0v) is 24.2. The number of carbonyl (C=O) groups is 2. The van der Waals surface area contributed by atoms with Gasteiger partial charge in [0, 0.05) is 37.9 Å². The van der Waals surface area contributed by atoms with Gasteiger partial charge in [0.25, 0.3) is 10.0 Å². The van der Waals surface area contributed by atoms with Gasteiger partial charge in [-0.3, -0.25) is 13.9 Å². The van der Waals surface area contributed by atoms with Crippen molar-refractivity contribution in [2.45, 2.75) is 50.6 Å². The number of benzene rings is 4. The predicted molar refractivity (Wildman–Crippen MR) is 162 cm³/mol. The minimum Gasteiger partial charge on any atom is -0.355 e. The highest BCUT2D eigenvalue weighted by Gasteiger charge is 2.36. The minimum absolute atomic E-state index is 0.106. The first kappa shape index (κ1) is 28.4. The van der Waals surface area contributed by atoms with E-state index < -0.39 is 16.1 Å². The highest BCUT2D eigenvalue weighted by molar-refractivity contribution is 7.93. The maximum atomic E-state index is 13.9. The van der Waals surface area contributed by atoms with E-state index in [9.17, 15) is 18.0 Å². The molecule has 41 heavy (non-hydrogen) atoms. The van der Waals surface area contributed by atoms with E-state index in [4.69, 9.17) is 0 Å². The van der Waals surface area contributed by atoms with Gasteiger partial charge in [0.1, 0.15) is 6.04 Å². The molecule has 5 rings (SSSR count). The van der Waals surface area contributed by atoms with Crippen LogP contribution in [0.2, 0.25) is 0 Å². The molecule has 0 fully saturated rings. The van der Waals surface area contributed by atoms with Crippen LogP contribution in [0, 0.1) is 6.92 Å². The van der Waals surface area contributed by atoms with Crippen molar-refractivity contribution in [2.75, 3.05) is 17.4 Å². The molecule has 212 valence electrons. The average Bonchev–Trinajstić information content (AvgIpc) is 3.19. The van der Waals surface area contributed by atoms with Crippen LogP contribution < -0.4 is 9.62 Å². The van der Waals surface area contributed by atoms with Crippen molar-refractivity contribution in [3.8, 4) is 0 Å². The molecule has 0 radical (unpaired) electrons. The molecule has 0 aromatic heterocycles. The number of nitrogens with one attached hydrogen (secondary N) is 1.